The summed E-state index contributed by atoms with van der Waals surface area (Å²) in [6.07, 6.45) is 0. The molecule has 1 heterocycles. The van der Waals surface area contributed by atoms with Gasteiger partial charge < -0.3 is 4.42 Å². The van der Waals surface area contributed by atoms with E-state index in [1.165, 1.54) is 0 Å². The topological polar surface area (TPSA) is 13.1 Å². The normalized spacial score (nSPS) is 10.6. The van der Waals surface area contributed by atoms with Gasteiger partial charge in [0.2, 0.25) is 0 Å². The molecule has 3 rings (SSSR count). The largest absolute Gasteiger partial charge is 0.456 e. The third kappa shape index (κ3) is 2.29. The van der Waals surface area contributed by atoms with E-state index in [0.29, 0.717) is 5.02 Å². The van der Waals surface area contributed by atoms with E-state index >= 15 is 0 Å². The van der Waals surface area contributed by atoms with E-state index in [9.17, 15) is 0 Å². The van der Waals surface area contributed by atoms with Crippen molar-refractivity contribution >= 4 is 11.6 Å². The van der Waals surface area contributed by atoms with Gasteiger partial charge in [0.1, 0.15) is 11.5 Å². The van der Waals surface area contributed by atoms with E-state index in [1.54, 1.807) is 0 Å². The first kappa shape index (κ1) is 12.1. The highest BCUT2D eigenvalue weighted by molar-refractivity contribution is 6.33. The van der Waals surface area contributed by atoms with Crippen LogP contribution in [-0.4, -0.2) is 0 Å². The summed E-state index contributed by atoms with van der Waals surface area (Å²) < 4.78 is 5.98. The van der Waals surface area contributed by atoms with Gasteiger partial charge in [0.15, 0.2) is 0 Å². The van der Waals surface area contributed by atoms with Crippen LogP contribution >= 0.6 is 11.6 Å². The summed E-state index contributed by atoms with van der Waals surface area (Å²) in [4.78, 5) is 0. The maximum Gasteiger partial charge on any atom is 0.137 e. The molecule has 3 aromatic rings. The molecular formula is C17H13ClO. The number of benzene rings is 2. The Morgan fingerprint density at radius 1 is 0.895 bits per heavy atom. The lowest BCUT2D eigenvalue weighted by Gasteiger charge is -2.00. The van der Waals surface area contributed by atoms with Crippen molar-refractivity contribution in [3.63, 3.8) is 0 Å². The smallest absolute Gasteiger partial charge is 0.137 e. The monoisotopic (exact) mass is 268 g/mol. The van der Waals surface area contributed by atoms with Gasteiger partial charge in [0, 0.05) is 11.1 Å². The fraction of sp³-hybridized carbons (Fsp3) is 0.0588. The summed E-state index contributed by atoms with van der Waals surface area (Å²) in [6, 6.07) is 19.8. The van der Waals surface area contributed by atoms with Gasteiger partial charge in [-0.3, -0.25) is 0 Å². The first-order valence-corrected chi connectivity index (χ1v) is 6.54. The Bertz CT molecular complexity index is 698. The lowest BCUT2D eigenvalue weighted by molar-refractivity contribution is 0.596. The van der Waals surface area contributed by atoms with Crippen LogP contribution in [0.25, 0.3) is 22.6 Å². The second-order valence-electron chi connectivity index (χ2n) is 4.47. The summed E-state index contributed by atoms with van der Waals surface area (Å²) in [5.41, 5.74) is 3.12. The Labute approximate surface area is 117 Å². The molecule has 0 aliphatic heterocycles. The minimum Gasteiger partial charge on any atom is -0.456 e. The fourth-order valence-electron chi connectivity index (χ4n) is 2.15. The maximum atomic E-state index is 6.21. The van der Waals surface area contributed by atoms with E-state index in [2.05, 4.69) is 0 Å². The lowest BCUT2D eigenvalue weighted by atomic mass is 10.1. The molecule has 0 N–H and O–H groups in total. The minimum atomic E-state index is 0.705. The second kappa shape index (κ2) is 4.94. The number of hydrogen-bond acceptors (Lipinski definition) is 1. The molecule has 0 aliphatic carbocycles. The van der Waals surface area contributed by atoms with Gasteiger partial charge in [0.25, 0.3) is 0 Å². The molecule has 0 atom stereocenters. The van der Waals surface area contributed by atoms with E-state index < -0.39 is 0 Å². The zero-order valence-corrected chi connectivity index (χ0v) is 11.3. The third-order valence-electron chi connectivity index (χ3n) is 3.09. The number of hydrogen-bond donors (Lipinski definition) is 0. The first-order valence-electron chi connectivity index (χ1n) is 6.16. The average molecular weight is 269 g/mol. The van der Waals surface area contributed by atoms with E-state index in [1.807, 2.05) is 67.6 Å². The molecule has 0 saturated carbocycles. The molecule has 0 aliphatic rings. The van der Waals surface area contributed by atoms with Crippen LogP contribution in [0.15, 0.2) is 65.1 Å². The van der Waals surface area contributed by atoms with Gasteiger partial charge in [-0.15, -0.1) is 0 Å². The zero-order chi connectivity index (χ0) is 13.2. The minimum absolute atomic E-state index is 0.705. The quantitative estimate of drug-likeness (QED) is 0.592. The predicted molar refractivity (Wildman–Crippen MR) is 79.3 cm³/mol. The molecule has 2 aromatic carbocycles. The van der Waals surface area contributed by atoms with E-state index in [0.717, 1.165) is 28.2 Å². The highest BCUT2D eigenvalue weighted by atomic mass is 35.5. The summed E-state index contributed by atoms with van der Waals surface area (Å²) in [5, 5.41) is 0.705. The van der Waals surface area contributed by atoms with Gasteiger partial charge in [0.05, 0.1) is 5.02 Å². The molecule has 0 radical (unpaired) electrons. The van der Waals surface area contributed by atoms with Gasteiger partial charge in [-0.25, -0.2) is 0 Å². The van der Waals surface area contributed by atoms with Crippen molar-refractivity contribution < 1.29 is 4.42 Å². The van der Waals surface area contributed by atoms with Crippen LogP contribution in [0.4, 0.5) is 0 Å². The molecule has 0 saturated heterocycles. The molecule has 0 fully saturated rings. The van der Waals surface area contributed by atoms with E-state index in [4.69, 9.17) is 16.0 Å². The molecule has 1 nitrogen and oxygen atoms in total. The molecule has 19 heavy (non-hydrogen) atoms. The molecule has 0 unspecified atom stereocenters. The van der Waals surface area contributed by atoms with Crippen LogP contribution in [0.2, 0.25) is 5.02 Å². The van der Waals surface area contributed by atoms with Crippen LogP contribution in [0, 0.1) is 6.92 Å². The van der Waals surface area contributed by atoms with Crippen LogP contribution in [-0.2, 0) is 0 Å². The number of halogens is 1. The van der Waals surface area contributed by atoms with Crippen LogP contribution in [0.1, 0.15) is 5.56 Å². The summed E-state index contributed by atoms with van der Waals surface area (Å²) in [5.74, 6) is 1.71. The molecular weight excluding hydrogens is 256 g/mol. The van der Waals surface area contributed by atoms with Crippen LogP contribution in [0.5, 0.6) is 0 Å². The maximum absolute atomic E-state index is 6.21. The predicted octanol–water partition coefficient (Wildman–Crippen LogP) is 5.58. The summed E-state index contributed by atoms with van der Waals surface area (Å²) in [6.45, 7) is 2.05. The Morgan fingerprint density at radius 3 is 2.32 bits per heavy atom. The van der Waals surface area contributed by atoms with Crippen LogP contribution < -0.4 is 0 Å². The molecule has 0 spiro atoms. The lowest BCUT2D eigenvalue weighted by Crippen LogP contribution is -1.75. The Kier molecular flexibility index (Phi) is 3.14. The van der Waals surface area contributed by atoms with Crippen LogP contribution in [0.3, 0.4) is 0 Å². The molecule has 2 heteroatoms. The molecule has 94 valence electrons. The van der Waals surface area contributed by atoms with Gasteiger partial charge in [-0.2, -0.15) is 0 Å². The molecule has 0 amide bonds. The third-order valence-corrected chi connectivity index (χ3v) is 3.42. The second-order valence-corrected chi connectivity index (χ2v) is 4.88. The zero-order valence-electron chi connectivity index (χ0n) is 10.6. The Balaban J connectivity index is 2.10. The number of aryl methyl sites for hydroxylation is 1. The van der Waals surface area contributed by atoms with Crippen molar-refractivity contribution in [2.75, 3.05) is 0 Å². The Morgan fingerprint density at radius 2 is 1.58 bits per heavy atom. The highest BCUT2D eigenvalue weighted by Gasteiger charge is 2.12. The Hall–Kier alpha value is -1.99. The first-order chi connectivity index (χ1) is 9.25. The van der Waals surface area contributed by atoms with Crippen molar-refractivity contribution in [1.29, 1.82) is 0 Å². The molecule has 0 bridgehead atoms. The summed E-state index contributed by atoms with van der Waals surface area (Å²) in [7, 11) is 0. The van der Waals surface area contributed by atoms with Crippen molar-refractivity contribution in [3.8, 4) is 22.6 Å². The number of furan rings is 1. The number of rotatable bonds is 2. The highest BCUT2D eigenvalue weighted by Crippen LogP contribution is 2.34. The van der Waals surface area contributed by atoms with Crippen molar-refractivity contribution in [1.82, 2.24) is 0 Å². The van der Waals surface area contributed by atoms with Crippen molar-refractivity contribution in [2.24, 2.45) is 0 Å². The van der Waals surface area contributed by atoms with Crippen molar-refractivity contribution in [2.45, 2.75) is 6.92 Å². The molecule has 1 aromatic heterocycles. The van der Waals surface area contributed by atoms with E-state index in [-0.39, 0.29) is 0 Å². The van der Waals surface area contributed by atoms with Gasteiger partial charge in [-0.1, -0.05) is 54.1 Å². The summed E-state index contributed by atoms with van der Waals surface area (Å²) >= 11 is 6.21. The van der Waals surface area contributed by atoms with Gasteiger partial charge in [-0.05, 0) is 30.7 Å². The van der Waals surface area contributed by atoms with Crippen molar-refractivity contribution in [3.05, 3.63) is 71.2 Å². The standard InChI is InChI=1S/C17H13ClO/c1-12-11-16(14-9-5-6-10-15(14)18)19-17(12)13-7-3-2-4-8-13/h2-11H,1H3. The average Bonchev–Trinajstić information content (AvgIpc) is 2.82. The van der Waals surface area contributed by atoms with Gasteiger partial charge >= 0.3 is 0 Å². The SMILES string of the molecule is Cc1cc(-c2ccccc2Cl)oc1-c1ccccc1. The fourth-order valence-corrected chi connectivity index (χ4v) is 2.38.